The zero-order valence-electron chi connectivity index (χ0n) is 18.7. The van der Waals surface area contributed by atoms with Gasteiger partial charge in [-0.15, -0.1) is 22.9 Å². The van der Waals surface area contributed by atoms with Crippen LogP contribution in [0.25, 0.3) is 0 Å². The van der Waals surface area contributed by atoms with Crippen molar-refractivity contribution in [1.82, 2.24) is 10.2 Å². The van der Waals surface area contributed by atoms with Crippen molar-refractivity contribution in [1.29, 1.82) is 0 Å². The summed E-state index contributed by atoms with van der Waals surface area (Å²) in [4.78, 5) is 29.0. The monoisotopic (exact) mass is 476 g/mol. The lowest BCUT2D eigenvalue weighted by Gasteiger charge is -2.33. The molecule has 1 aliphatic carbocycles. The molecule has 1 heterocycles. The molecule has 174 valence electrons. The average molecular weight is 477 g/mol. The number of rotatable bonds is 11. The molecule has 1 atom stereocenters. The second kappa shape index (κ2) is 12.9. The number of halogens is 1. The molecule has 0 aliphatic heterocycles. The summed E-state index contributed by atoms with van der Waals surface area (Å²) in [5.74, 6) is 0.192. The van der Waals surface area contributed by atoms with E-state index in [0.29, 0.717) is 13.2 Å². The van der Waals surface area contributed by atoms with Gasteiger partial charge in [-0.2, -0.15) is 0 Å². The van der Waals surface area contributed by atoms with E-state index in [0.717, 1.165) is 54.7 Å². The Kier molecular flexibility index (Phi) is 9.88. The minimum absolute atomic E-state index is 0.147. The highest BCUT2D eigenvalue weighted by atomic mass is 35.5. The molecule has 0 bridgehead atoms. The molecule has 1 N–H and O–H groups in total. The molecule has 0 unspecified atom stereocenters. The van der Waals surface area contributed by atoms with Crippen molar-refractivity contribution in [3.8, 4) is 5.75 Å². The van der Waals surface area contributed by atoms with Crippen LogP contribution in [0.3, 0.4) is 0 Å². The Bertz CT molecular complexity index is 835. The van der Waals surface area contributed by atoms with Crippen LogP contribution in [-0.4, -0.2) is 35.2 Å². The minimum Gasteiger partial charge on any atom is -0.494 e. The van der Waals surface area contributed by atoms with Gasteiger partial charge in [0.05, 0.1) is 13.2 Å². The van der Waals surface area contributed by atoms with Crippen LogP contribution in [0.5, 0.6) is 5.75 Å². The van der Waals surface area contributed by atoms with E-state index >= 15 is 0 Å². The Balaban J connectivity index is 1.86. The molecule has 3 rings (SSSR count). The van der Waals surface area contributed by atoms with Crippen LogP contribution in [0.1, 0.15) is 68.4 Å². The summed E-state index contributed by atoms with van der Waals surface area (Å²) in [6, 6.07) is 10.9. The summed E-state index contributed by atoms with van der Waals surface area (Å²) < 4.78 is 5.78. The normalized spacial score (nSPS) is 15.2. The molecule has 0 spiro atoms. The van der Waals surface area contributed by atoms with Crippen LogP contribution in [0, 0.1) is 0 Å². The first kappa shape index (κ1) is 24.6. The first-order valence-corrected chi connectivity index (χ1v) is 12.9. The van der Waals surface area contributed by atoms with Gasteiger partial charge in [-0.1, -0.05) is 50.8 Å². The Morgan fingerprint density at radius 2 is 1.94 bits per heavy atom. The molecule has 1 aromatic carbocycles. The average Bonchev–Trinajstić information content (AvgIpc) is 3.33. The molecule has 5 nitrogen and oxygen atoms in total. The predicted molar refractivity (Wildman–Crippen MR) is 130 cm³/mol. The van der Waals surface area contributed by atoms with Crippen molar-refractivity contribution >= 4 is 34.8 Å². The van der Waals surface area contributed by atoms with Gasteiger partial charge in [0, 0.05) is 10.9 Å². The maximum absolute atomic E-state index is 13.5. The SMILES string of the molecule is CCCCOc1ccc([C@@H](C(=O)NC2CCCCC2)N(Cc2cccs2)C(=O)CCl)cc1. The van der Waals surface area contributed by atoms with E-state index in [-0.39, 0.29) is 23.7 Å². The van der Waals surface area contributed by atoms with Gasteiger partial charge in [0.25, 0.3) is 0 Å². The first-order chi connectivity index (χ1) is 15.6. The lowest BCUT2D eigenvalue weighted by molar-refractivity contribution is -0.140. The summed E-state index contributed by atoms with van der Waals surface area (Å²) in [5, 5.41) is 5.18. The Morgan fingerprint density at radius 3 is 2.56 bits per heavy atom. The summed E-state index contributed by atoms with van der Waals surface area (Å²) in [5.41, 5.74) is 0.760. The molecular formula is C25H33ClN2O3S. The van der Waals surface area contributed by atoms with Gasteiger partial charge in [0.1, 0.15) is 17.7 Å². The topological polar surface area (TPSA) is 58.6 Å². The molecule has 7 heteroatoms. The maximum Gasteiger partial charge on any atom is 0.247 e. The van der Waals surface area contributed by atoms with Crippen molar-refractivity contribution in [3.05, 3.63) is 52.2 Å². The quantitative estimate of drug-likeness (QED) is 0.335. The summed E-state index contributed by atoms with van der Waals surface area (Å²) in [7, 11) is 0. The van der Waals surface area contributed by atoms with E-state index in [4.69, 9.17) is 16.3 Å². The number of amides is 2. The number of hydrogen-bond acceptors (Lipinski definition) is 4. The fourth-order valence-electron chi connectivity index (χ4n) is 4.05. The third-order valence-electron chi connectivity index (χ3n) is 5.81. The standard InChI is InChI=1S/C25H33ClN2O3S/c1-2-3-15-31-21-13-11-19(12-14-21)24(25(30)27-20-8-5-4-6-9-20)28(23(29)17-26)18-22-10-7-16-32-22/h7,10-14,16,20,24H,2-6,8-9,15,17-18H2,1H3,(H,27,30)/t24-/m0/s1. The second-order valence-corrected chi connectivity index (χ2v) is 9.55. The fraction of sp³-hybridized carbons (Fsp3) is 0.520. The third kappa shape index (κ3) is 6.97. The summed E-state index contributed by atoms with van der Waals surface area (Å²) >= 11 is 7.54. The van der Waals surface area contributed by atoms with E-state index in [1.165, 1.54) is 6.42 Å². The van der Waals surface area contributed by atoms with Crippen molar-refractivity contribution in [3.63, 3.8) is 0 Å². The lowest BCUT2D eigenvalue weighted by Crippen LogP contribution is -2.47. The van der Waals surface area contributed by atoms with Crippen molar-refractivity contribution in [2.24, 2.45) is 0 Å². The number of carbonyl (C=O) groups excluding carboxylic acids is 2. The predicted octanol–water partition coefficient (Wildman–Crippen LogP) is 5.68. The smallest absolute Gasteiger partial charge is 0.247 e. The molecule has 2 amide bonds. The Hall–Kier alpha value is -2.05. The van der Waals surface area contributed by atoms with Crippen LogP contribution in [0.2, 0.25) is 0 Å². The number of alkyl halides is 1. The van der Waals surface area contributed by atoms with E-state index in [9.17, 15) is 9.59 Å². The maximum atomic E-state index is 13.5. The second-order valence-electron chi connectivity index (χ2n) is 8.25. The van der Waals surface area contributed by atoms with Gasteiger partial charge in [-0.05, 0) is 48.4 Å². The van der Waals surface area contributed by atoms with Gasteiger partial charge in [-0.3, -0.25) is 9.59 Å². The van der Waals surface area contributed by atoms with Crippen molar-refractivity contribution < 1.29 is 14.3 Å². The zero-order valence-corrected chi connectivity index (χ0v) is 20.3. The number of ether oxygens (including phenoxy) is 1. The molecule has 1 saturated carbocycles. The molecule has 32 heavy (non-hydrogen) atoms. The van der Waals surface area contributed by atoms with Crippen LogP contribution >= 0.6 is 22.9 Å². The van der Waals surface area contributed by atoms with Gasteiger partial charge >= 0.3 is 0 Å². The number of nitrogens with zero attached hydrogens (tertiary/aromatic N) is 1. The van der Waals surface area contributed by atoms with Crippen LogP contribution in [-0.2, 0) is 16.1 Å². The number of nitrogens with one attached hydrogen (secondary N) is 1. The van der Waals surface area contributed by atoms with Crippen LogP contribution in [0.15, 0.2) is 41.8 Å². The van der Waals surface area contributed by atoms with E-state index in [1.54, 1.807) is 16.2 Å². The van der Waals surface area contributed by atoms with E-state index in [1.807, 2.05) is 41.8 Å². The fourth-order valence-corrected chi connectivity index (χ4v) is 4.91. The minimum atomic E-state index is -0.741. The highest BCUT2D eigenvalue weighted by Gasteiger charge is 2.32. The molecule has 0 saturated heterocycles. The van der Waals surface area contributed by atoms with Crippen LogP contribution < -0.4 is 10.1 Å². The van der Waals surface area contributed by atoms with Crippen LogP contribution in [0.4, 0.5) is 0 Å². The van der Waals surface area contributed by atoms with Gasteiger partial charge in [0.2, 0.25) is 11.8 Å². The molecule has 1 aromatic heterocycles. The molecule has 1 aliphatic rings. The molecular weight excluding hydrogens is 444 g/mol. The van der Waals surface area contributed by atoms with Crippen molar-refractivity contribution in [2.45, 2.75) is 70.5 Å². The number of thiophene rings is 1. The molecule has 2 aromatic rings. The Morgan fingerprint density at radius 1 is 1.19 bits per heavy atom. The first-order valence-electron chi connectivity index (χ1n) is 11.5. The number of unbranched alkanes of at least 4 members (excludes halogenated alkanes) is 1. The largest absolute Gasteiger partial charge is 0.494 e. The summed E-state index contributed by atoms with van der Waals surface area (Å²) in [6.07, 6.45) is 7.49. The number of hydrogen-bond donors (Lipinski definition) is 1. The highest BCUT2D eigenvalue weighted by molar-refractivity contribution is 7.09. The Labute approximate surface area is 200 Å². The van der Waals surface area contributed by atoms with Gasteiger partial charge in [-0.25, -0.2) is 0 Å². The van der Waals surface area contributed by atoms with Gasteiger partial charge in [0.15, 0.2) is 0 Å². The third-order valence-corrected chi connectivity index (χ3v) is 6.90. The molecule has 0 radical (unpaired) electrons. The number of carbonyl (C=O) groups is 2. The zero-order chi connectivity index (χ0) is 22.8. The van der Waals surface area contributed by atoms with E-state index < -0.39 is 6.04 Å². The lowest BCUT2D eigenvalue weighted by atomic mass is 9.94. The molecule has 1 fully saturated rings. The van der Waals surface area contributed by atoms with Gasteiger partial charge < -0.3 is 15.0 Å². The number of benzene rings is 1. The highest BCUT2D eigenvalue weighted by Crippen LogP contribution is 2.28. The van der Waals surface area contributed by atoms with E-state index in [2.05, 4.69) is 12.2 Å². The van der Waals surface area contributed by atoms with Crippen molar-refractivity contribution in [2.75, 3.05) is 12.5 Å². The summed E-state index contributed by atoms with van der Waals surface area (Å²) in [6.45, 7) is 3.13.